The fourth-order valence-electron chi connectivity index (χ4n) is 2.28. The molecule has 1 aromatic carbocycles. The zero-order valence-electron chi connectivity index (χ0n) is 11.9. The lowest BCUT2D eigenvalue weighted by atomic mass is 10.0. The summed E-state index contributed by atoms with van der Waals surface area (Å²) in [5.74, 6) is 0.930. The van der Waals surface area contributed by atoms with E-state index in [4.69, 9.17) is 17.0 Å². The summed E-state index contributed by atoms with van der Waals surface area (Å²) in [5, 5.41) is 0. The molecule has 0 aliphatic heterocycles. The van der Waals surface area contributed by atoms with Gasteiger partial charge in [-0.05, 0) is 55.2 Å². The van der Waals surface area contributed by atoms with Gasteiger partial charge in [0.1, 0.15) is 10.4 Å². The van der Waals surface area contributed by atoms with Crippen molar-refractivity contribution in [1.82, 2.24) is 4.57 Å². The Morgan fingerprint density at radius 2 is 1.84 bits per heavy atom. The summed E-state index contributed by atoms with van der Waals surface area (Å²) < 4.78 is 8.36. The first-order valence-electron chi connectivity index (χ1n) is 6.33. The molecule has 0 aliphatic rings. The van der Waals surface area contributed by atoms with Crippen LogP contribution in [0.3, 0.4) is 0 Å². The second kappa shape index (κ2) is 5.57. The van der Waals surface area contributed by atoms with Gasteiger partial charge in [-0.2, -0.15) is 0 Å². The third kappa shape index (κ3) is 2.87. The molecule has 0 saturated carbocycles. The Balaban J connectivity index is 2.49. The Kier molecular flexibility index (Phi) is 4.05. The highest BCUT2D eigenvalue weighted by Gasteiger charge is 2.08. The van der Waals surface area contributed by atoms with Crippen LogP contribution in [-0.2, 0) is 6.54 Å². The lowest BCUT2D eigenvalue weighted by Gasteiger charge is -2.15. The highest BCUT2D eigenvalue weighted by molar-refractivity contribution is 7.71. The maximum absolute atomic E-state index is 5.40. The second-order valence-electron chi connectivity index (χ2n) is 4.86. The third-order valence-electron chi connectivity index (χ3n) is 3.46. The van der Waals surface area contributed by atoms with Crippen LogP contribution in [0.5, 0.6) is 5.75 Å². The summed E-state index contributed by atoms with van der Waals surface area (Å²) in [7, 11) is 1.71. The lowest BCUT2D eigenvalue weighted by molar-refractivity contribution is 0.410. The van der Waals surface area contributed by atoms with E-state index in [9.17, 15) is 0 Å². The molecule has 0 bridgehead atoms. The number of methoxy groups -OCH3 is 1. The Labute approximate surface area is 119 Å². The van der Waals surface area contributed by atoms with Crippen molar-refractivity contribution < 1.29 is 4.74 Å². The summed E-state index contributed by atoms with van der Waals surface area (Å²) in [6.45, 7) is 7.09. The van der Waals surface area contributed by atoms with Gasteiger partial charge in [-0.1, -0.05) is 24.4 Å². The van der Waals surface area contributed by atoms with Gasteiger partial charge in [0.25, 0.3) is 0 Å². The number of ether oxygens (including phenoxy) is 1. The summed E-state index contributed by atoms with van der Waals surface area (Å²) in [6.07, 6.45) is 2.10. The van der Waals surface area contributed by atoms with Gasteiger partial charge < -0.3 is 9.30 Å². The standard InChI is InChI=1S/C16H19NOS/c1-11-5-8-16(19)17(9-11)10-14-12(2)6-7-15(18-4)13(14)3/h5-9H,10H2,1-4H3. The van der Waals surface area contributed by atoms with E-state index in [-0.39, 0.29) is 0 Å². The van der Waals surface area contributed by atoms with E-state index in [1.165, 1.54) is 22.3 Å². The quantitative estimate of drug-likeness (QED) is 0.778. The van der Waals surface area contributed by atoms with Gasteiger partial charge in [-0.15, -0.1) is 0 Å². The van der Waals surface area contributed by atoms with Crippen LogP contribution in [0.1, 0.15) is 22.3 Å². The molecular weight excluding hydrogens is 254 g/mol. The van der Waals surface area contributed by atoms with E-state index in [0.29, 0.717) is 0 Å². The molecule has 1 aromatic heterocycles. The van der Waals surface area contributed by atoms with E-state index in [1.54, 1.807) is 7.11 Å². The first-order chi connectivity index (χ1) is 9.02. The van der Waals surface area contributed by atoms with Crippen LogP contribution >= 0.6 is 12.2 Å². The highest BCUT2D eigenvalue weighted by atomic mass is 32.1. The number of nitrogens with zero attached hydrogens (tertiary/aromatic N) is 1. The van der Waals surface area contributed by atoms with Crippen LogP contribution in [0.15, 0.2) is 30.5 Å². The SMILES string of the molecule is COc1ccc(C)c(Cn2cc(C)ccc2=S)c1C. The molecule has 100 valence electrons. The summed E-state index contributed by atoms with van der Waals surface area (Å²) in [6, 6.07) is 8.14. The first kappa shape index (κ1) is 13.8. The van der Waals surface area contributed by atoms with Crippen molar-refractivity contribution >= 4 is 12.2 Å². The minimum absolute atomic E-state index is 0.787. The van der Waals surface area contributed by atoms with Gasteiger partial charge >= 0.3 is 0 Å². The zero-order valence-corrected chi connectivity index (χ0v) is 12.7. The van der Waals surface area contributed by atoms with Crippen molar-refractivity contribution in [3.8, 4) is 5.75 Å². The second-order valence-corrected chi connectivity index (χ2v) is 5.28. The molecule has 0 saturated heterocycles. The Hall–Kier alpha value is -1.61. The van der Waals surface area contributed by atoms with Crippen LogP contribution in [0.2, 0.25) is 0 Å². The number of pyridine rings is 1. The molecule has 3 heteroatoms. The van der Waals surface area contributed by atoms with E-state index in [0.717, 1.165) is 16.9 Å². The van der Waals surface area contributed by atoms with Gasteiger partial charge in [0.15, 0.2) is 0 Å². The zero-order chi connectivity index (χ0) is 14.0. The van der Waals surface area contributed by atoms with Crippen LogP contribution in [-0.4, -0.2) is 11.7 Å². The Bertz CT molecular complexity index is 658. The van der Waals surface area contributed by atoms with E-state index < -0.39 is 0 Å². The molecule has 2 rings (SSSR count). The van der Waals surface area contributed by atoms with Crippen molar-refractivity contribution in [2.75, 3.05) is 7.11 Å². The monoisotopic (exact) mass is 273 g/mol. The molecule has 0 atom stereocenters. The van der Waals surface area contributed by atoms with Crippen LogP contribution < -0.4 is 4.74 Å². The Morgan fingerprint density at radius 3 is 2.53 bits per heavy atom. The number of aromatic nitrogens is 1. The van der Waals surface area contributed by atoms with Crippen molar-refractivity contribution in [3.63, 3.8) is 0 Å². The van der Waals surface area contributed by atoms with Crippen molar-refractivity contribution in [2.24, 2.45) is 0 Å². The van der Waals surface area contributed by atoms with Crippen molar-refractivity contribution in [1.29, 1.82) is 0 Å². The molecule has 0 aliphatic carbocycles. The number of hydrogen-bond donors (Lipinski definition) is 0. The predicted octanol–water partition coefficient (Wildman–Crippen LogP) is 4.20. The molecule has 1 heterocycles. The maximum atomic E-state index is 5.40. The smallest absolute Gasteiger partial charge is 0.122 e. The van der Waals surface area contributed by atoms with Gasteiger partial charge in [0.05, 0.1) is 7.11 Å². The molecule has 0 N–H and O–H groups in total. The van der Waals surface area contributed by atoms with Crippen LogP contribution in [0.25, 0.3) is 0 Å². The van der Waals surface area contributed by atoms with E-state index in [1.807, 2.05) is 18.2 Å². The normalized spacial score (nSPS) is 10.5. The molecule has 0 amide bonds. The topological polar surface area (TPSA) is 14.2 Å². The van der Waals surface area contributed by atoms with Crippen LogP contribution in [0, 0.1) is 25.4 Å². The van der Waals surface area contributed by atoms with E-state index in [2.05, 4.69) is 37.6 Å². The van der Waals surface area contributed by atoms with Gasteiger partial charge in [-0.3, -0.25) is 0 Å². The average molecular weight is 273 g/mol. The Morgan fingerprint density at radius 1 is 1.11 bits per heavy atom. The van der Waals surface area contributed by atoms with Crippen molar-refractivity contribution in [3.05, 3.63) is 57.4 Å². The minimum Gasteiger partial charge on any atom is -0.496 e. The number of hydrogen-bond acceptors (Lipinski definition) is 2. The van der Waals surface area contributed by atoms with Gasteiger partial charge in [-0.25, -0.2) is 0 Å². The molecule has 19 heavy (non-hydrogen) atoms. The molecule has 2 aromatic rings. The number of rotatable bonds is 3. The van der Waals surface area contributed by atoms with E-state index >= 15 is 0 Å². The van der Waals surface area contributed by atoms with Gasteiger partial charge in [0, 0.05) is 12.7 Å². The number of aryl methyl sites for hydroxylation is 2. The number of benzene rings is 1. The summed E-state index contributed by atoms with van der Waals surface area (Å²) >= 11 is 5.39. The van der Waals surface area contributed by atoms with Crippen LogP contribution in [0.4, 0.5) is 0 Å². The molecule has 0 fully saturated rings. The molecule has 0 unspecified atom stereocenters. The fourth-order valence-corrected chi connectivity index (χ4v) is 2.47. The third-order valence-corrected chi connectivity index (χ3v) is 3.83. The first-order valence-corrected chi connectivity index (χ1v) is 6.74. The fraction of sp³-hybridized carbons (Fsp3) is 0.312. The molecule has 2 nitrogen and oxygen atoms in total. The van der Waals surface area contributed by atoms with Gasteiger partial charge in [0.2, 0.25) is 0 Å². The molecular formula is C16H19NOS. The largest absolute Gasteiger partial charge is 0.496 e. The minimum atomic E-state index is 0.787. The lowest BCUT2D eigenvalue weighted by Crippen LogP contribution is -2.06. The highest BCUT2D eigenvalue weighted by Crippen LogP contribution is 2.25. The predicted molar refractivity (Wildman–Crippen MR) is 81.6 cm³/mol. The summed E-state index contributed by atoms with van der Waals surface area (Å²) in [5.41, 5.74) is 4.94. The molecule has 0 spiro atoms. The maximum Gasteiger partial charge on any atom is 0.122 e. The summed E-state index contributed by atoms with van der Waals surface area (Å²) in [4.78, 5) is 0. The average Bonchev–Trinajstić information content (AvgIpc) is 2.38. The molecule has 0 radical (unpaired) electrons. The van der Waals surface area contributed by atoms with Crippen molar-refractivity contribution in [2.45, 2.75) is 27.3 Å².